The summed E-state index contributed by atoms with van der Waals surface area (Å²) in [6, 6.07) is 5.48. The number of benzene rings is 1. The molecule has 0 spiro atoms. The van der Waals surface area contributed by atoms with Crippen LogP contribution in [-0.4, -0.2) is 56.6 Å². The first-order valence-electron chi connectivity index (χ1n) is 8.22. The Kier molecular flexibility index (Phi) is 6.57. The summed E-state index contributed by atoms with van der Waals surface area (Å²) in [6.07, 6.45) is -1.16. The maximum atomic E-state index is 12.7. The zero-order valence-corrected chi connectivity index (χ0v) is 15.7. The second kappa shape index (κ2) is 8.47. The van der Waals surface area contributed by atoms with Gasteiger partial charge in [-0.25, -0.2) is 18.6 Å². The molecule has 1 fully saturated rings. The van der Waals surface area contributed by atoms with Crippen molar-refractivity contribution in [3.05, 3.63) is 29.8 Å². The van der Waals surface area contributed by atoms with Crippen LogP contribution in [0, 0.1) is 0 Å². The number of sulfonamides is 1. The van der Waals surface area contributed by atoms with Crippen LogP contribution >= 0.6 is 0 Å². The van der Waals surface area contributed by atoms with Crippen molar-refractivity contribution < 1.29 is 27.5 Å². The minimum atomic E-state index is -3.67. The van der Waals surface area contributed by atoms with E-state index in [1.807, 2.05) is 13.8 Å². The zero-order chi connectivity index (χ0) is 19.3. The highest BCUT2D eigenvalue weighted by atomic mass is 32.2. The topological polar surface area (TPSA) is 114 Å². The van der Waals surface area contributed by atoms with Crippen LogP contribution in [0.25, 0.3) is 0 Å². The highest BCUT2D eigenvalue weighted by Crippen LogP contribution is 2.21. The van der Waals surface area contributed by atoms with E-state index in [1.54, 1.807) is 6.92 Å². The molecule has 1 aromatic rings. The number of hydrogen-bond acceptors (Lipinski definition) is 6. The summed E-state index contributed by atoms with van der Waals surface area (Å²) < 4.78 is 37.0. The number of rotatable bonds is 4. The van der Waals surface area contributed by atoms with E-state index in [4.69, 9.17) is 4.74 Å². The summed E-state index contributed by atoms with van der Waals surface area (Å²) in [4.78, 5) is 23.2. The van der Waals surface area contributed by atoms with Crippen LogP contribution in [0.15, 0.2) is 29.2 Å². The Bertz CT molecular complexity index is 740. The van der Waals surface area contributed by atoms with Crippen LogP contribution in [0.2, 0.25) is 0 Å². The summed E-state index contributed by atoms with van der Waals surface area (Å²) >= 11 is 0. The molecule has 1 aliphatic rings. The van der Waals surface area contributed by atoms with Crippen molar-refractivity contribution >= 4 is 22.0 Å². The van der Waals surface area contributed by atoms with Crippen molar-refractivity contribution in [2.45, 2.75) is 37.9 Å². The summed E-state index contributed by atoms with van der Waals surface area (Å²) in [6.45, 7) is 6.00. The van der Waals surface area contributed by atoms with Gasteiger partial charge in [-0.1, -0.05) is 0 Å². The van der Waals surface area contributed by atoms with Crippen LogP contribution in [0.1, 0.15) is 31.1 Å². The molecule has 1 heterocycles. The van der Waals surface area contributed by atoms with E-state index < -0.39 is 22.0 Å². The van der Waals surface area contributed by atoms with Crippen LogP contribution < -0.4 is 10.9 Å². The predicted molar refractivity (Wildman–Crippen MR) is 92.8 cm³/mol. The van der Waals surface area contributed by atoms with Crippen molar-refractivity contribution in [3.8, 4) is 0 Å². The normalized spacial score (nSPS) is 21.0. The molecular weight excluding hydrogens is 362 g/mol. The van der Waals surface area contributed by atoms with Gasteiger partial charge in [-0.2, -0.15) is 4.31 Å². The molecule has 0 unspecified atom stereocenters. The first kappa shape index (κ1) is 20.1. The van der Waals surface area contributed by atoms with E-state index >= 15 is 0 Å². The molecule has 144 valence electrons. The quantitative estimate of drug-likeness (QED) is 0.744. The molecule has 0 aromatic heterocycles. The number of amides is 2. The fourth-order valence-corrected chi connectivity index (χ4v) is 4.19. The average Bonchev–Trinajstić information content (AvgIpc) is 2.59. The Morgan fingerprint density at radius 2 is 1.73 bits per heavy atom. The minimum Gasteiger partial charge on any atom is -0.449 e. The van der Waals surface area contributed by atoms with Crippen molar-refractivity contribution in [1.29, 1.82) is 0 Å². The van der Waals surface area contributed by atoms with Gasteiger partial charge < -0.3 is 9.47 Å². The van der Waals surface area contributed by atoms with Gasteiger partial charge >= 0.3 is 6.09 Å². The lowest BCUT2D eigenvalue weighted by Gasteiger charge is -2.34. The molecule has 9 nitrogen and oxygen atoms in total. The molecule has 2 amide bonds. The number of carbonyl (C=O) groups excluding carboxylic acids is 2. The monoisotopic (exact) mass is 385 g/mol. The van der Waals surface area contributed by atoms with Gasteiger partial charge in [0.05, 0.1) is 23.7 Å². The van der Waals surface area contributed by atoms with Crippen LogP contribution in [0.3, 0.4) is 0 Å². The number of nitrogens with zero attached hydrogens (tertiary/aromatic N) is 1. The van der Waals surface area contributed by atoms with Crippen molar-refractivity contribution in [3.63, 3.8) is 0 Å². The van der Waals surface area contributed by atoms with Gasteiger partial charge in [0.25, 0.3) is 5.91 Å². The van der Waals surface area contributed by atoms with Gasteiger partial charge in [0.15, 0.2) is 0 Å². The lowest BCUT2D eigenvalue weighted by atomic mass is 10.2. The maximum absolute atomic E-state index is 12.7. The predicted octanol–water partition coefficient (Wildman–Crippen LogP) is 0.875. The standard InChI is InChI=1S/C16H23N3O6S/c1-4-24-16(21)18-17-15(20)13-5-7-14(8-6-13)26(22,23)19-9-11(2)25-12(3)10-19/h5-8,11-12H,4,9-10H2,1-3H3,(H,17,20)(H,18,21)/t11-,12-/m0/s1. The molecule has 0 bridgehead atoms. The number of ether oxygens (including phenoxy) is 2. The maximum Gasteiger partial charge on any atom is 0.426 e. The fraction of sp³-hybridized carbons (Fsp3) is 0.500. The third kappa shape index (κ3) is 4.93. The van der Waals surface area contributed by atoms with E-state index in [2.05, 4.69) is 15.6 Å². The zero-order valence-electron chi connectivity index (χ0n) is 14.9. The largest absolute Gasteiger partial charge is 0.449 e. The lowest BCUT2D eigenvalue weighted by molar-refractivity contribution is -0.0440. The van der Waals surface area contributed by atoms with E-state index in [1.165, 1.54) is 28.6 Å². The molecule has 2 rings (SSSR count). The Morgan fingerprint density at radius 3 is 2.27 bits per heavy atom. The number of nitrogens with one attached hydrogen (secondary N) is 2. The molecule has 26 heavy (non-hydrogen) atoms. The second-order valence-corrected chi connectivity index (χ2v) is 7.84. The Morgan fingerprint density at radius 1 is 1.15 bits per heavy atom. The Hall–Kier alpha value is -2.17. The SMILES string of the molecule is CCOC(=O)NNC(=O)c1ccc(S(=O)(=O)N2C[C@H](C)O[C@@H](C)C2)cc1. The third-order valence-corrected chi connectivity index (χ3v) is 5.54. The molecule has 1 aliphatic heterocycles. The minimum absolute atomic E-state index is 0.0914. The molecule has 2 N–H and O–H groups in total. The molecule has 0 radical (unpaired) electrons. The highest BCUT2D eigenvalue weighted by molar-refractivity contribution is 7.89. The third-order valence-electron chi connectivity index (χ3n) is 3.69. The lowest BCUT2D eigenvalue weighted by Crippen LogP contribution is -2.48. The van der Waals surface area contributed by atoms with Gasteiger partial charge in [0.2, 0.25) is 10.0 Å². The molecule has 1 saturated heterocycles. The number of hydrogen-bond donors (Lipinski definition) is 2. The van der Waals surface area contributed by atoms with Crippen LogP contribution in [-0.2, 0) is 19.5 Å². The second-order valence-electron chi connectivity index (χ2n) is 5.90. The highest BCUT2D eigenvalue weighted by Gasteiger charge is 2.32. The molecule has 1 aromatic carbocycles. The fourth-order valence-electron chi connectivity index (χ4n) is 2.60. The first-order valence-corrected chi connectivity index (χ1v) is 9.66. The molecule has 2 atom stereocenters. The Balaban J connectivity index is 2.06. The van der Waals surface area contributed by atoms with Crippen molar-refractivity contribution in [2.75, 3.05) is 19.7 Å². The summed E-state index contributed by atoms with van der Waals surface area (Å²) in [5, 5.41) is 0. The van der Waals surface area contributed by atoms with Gasteiger partial charge in [-0.3, -0.25) is 10.2 Å². The summed E-state index contributed by atoms with van der Waals surface area (Å²) in [5.74, 6) is -0.587. The summed E-state index contributed by atoms with van der Waals surface area (Å²) in [5.41, 5.74) is 4.46. The first-order chi connectivity index (χ1) is 12.2. The van der Waals surface area contributed by atoms with E-state index in [0.717, 1.165) is 0 Å². The smallest absolute Gasteiger partial charge is 0.426 e. The van der Waals surface area contributed by atoms with Gasteiger partial charge in [-0.15, -0.1) is 0 Å². The van der Waals surface area contributed by atoms with Gasteiger partial charge in [-0.05, 0) is 45.0 Å². The Labute approximate surface area is 152 Å². The molecule has 0 aliphatic carbocycles. The van der Waals surface area contributed by atoms with Crippen LogP contribution in [0.5, 0.6) is 0 Å². The van der Waals surface area contributed by atoms with Gasteiger partial charge in [0, 0.05) is 18.7 Å². The van der Waals surface area contributed by atoms with Crippen molar-refractivity contribution in [2.24, 2.45) is 0 Å². The van der Waals surface area contributed by atoms with E-state index in [-0.39, 0.29) is 42.4 Å². The molecule has 10 heteroatoms. The van der Waals surface area contributed by atoms with Crippen LogP contribution in [0.4, 0.5) is 4.79 Å². The average molecular weight is 385 g/mol. The number of carbonyl (C=O) groups is 2. The van der Waals surface area contributed by atoms with E-state index in [0.29, 0.717) is 0 Å². The summed E-state index contributed by atoms with van der Waals surface area (Å²) in [7, 11) is -3.67. The van der Waals surface area contributed by atoms with Crippen molar-refractivity contribution in [1.82, 2.24) is 15.2 Å². The van der Waals surface area contributed by atoms with E-state index in [9.17, 15) is 18.0 Å². The molecule has 0 saturated carbocycles. The molecular formula is C16H23N3O6S. The number of morpholine rings is 1. The number of hydrazine groups is 1. The van der Waals surface area contributed by atoms with Gasteiger partial charge in [0.1, 0.15) is 0 Å².